The fourth-order valence-corrected chi connectivity index (χ4v) is 6.59. The highest BCUT2D eigenvalue weighted by Crippen LogP contribution is 2.55. The minimum absolute atomic E-state index is 0.101. The van der Waals surface area contributed by atoms with Crippen molar-refractivity contribution in [2.24, 2.45) is 17.8 Å². The van der Waals surface area contributed by atoms with Crippen molar-refractivity contribution in [2.75, 3.05) is 0 Å². The summed E-state index contributed by atoms with van der Waals surface area (Å²) in [4.78, 5) is 13.2. The van der Waals surface area contributed by atoms with E-state index in [1.54, 1.807) is 0 Å². The lowest BCUT2D eigenvalue weighted by Crippen LogP contribution is -2.59. The van der Waals surface area contributed by atoms with E-state index in [0.29, 0.717) is 6.42 Å². The second-order valence-electron chi connectivity index (χ2n) is 9.32. The van der Waals surface area contributed by atoms with E-state index in [4.69, 9.17) is 0 Å². The molecule has 140 valence electrons. The summed E-state index contributed by atoms with van der Waals surface area (Å²) >= 11 is 0. The third-order valence-electron chi connectivity index (χ3n) is 7.24. The SMILES string of the molecule is O=C(CC(c1ccccc1)c1ccccc1)NC12CC3CC(CC(C3)C1)C2. The molecule has 4 aliphatic carbocycles. The zero-order valence-corrected chi connectivity index (χ0v) is 15.9. The molecule has 0 spiro atoms. The van der Waals surface area contributed by atoms with E-state index in [1.807, 2.05) is 12.1 Å². The lowest BCUT2D eigenvalue weighted by atomic mass is 9.53. The van der Waals surface area contributed by atoms with E-state index in [1.165, 1.54) is 49.7 Å². The van der Waals surface area contributed by atoms with Gasteiger partial charge in [0.15, 0.2) is 0 Å². The molecule has 0 radical (unpaired) electrons. The van der Waals surface area contributed by atoms with Crippen LogP contribution in [0.2, 0.25) is 0 Å². The van der Waals surface area contributed by atoms with Crippen molar-refractivity contribution in [3.63, 3.8) is 0 Å². The van der Waals surface area contributed by atoms with Gasteiger partial charge in [-0.2, -0.15) is 0 Å². The molecule has 2 aromatic carbocycles. The molecule has 0 heterocycles. The number of nitrogens with one attached hydrogen (secondary N) is 1. The number of carbonyl (C=O) groups is 1. The van der Waals surface area contributed by atoms with E-state index >= 15 is 0 Å². The third-order valence-corrected chi connectivity index (χ3v) is 7.24. The Balaban J connectivity index is 1.35. The Hall–Kier alpha value is -2.09. The van der Waals surface area contributed by atoms with Gasteiger partial charge in [-0.3, -0.25) is 4.79 Å². The molecule has 2 nitrogen and oxygen atoms in total. The molecule has 1 N–H and O–H groups in total. The summed E-state index contributed by atoms with van der Waals surface area (Å²) < 4.78 is 0. The molecule has 0 atom stereocenters. The predicted molar refractivity (Wildman–Crippen MR) is 108 cm³/mol. The number of carbonyl (C=O) groups excluding carboxylic acids is 1. The van der Waals surface area contributed by atoms with Gasteiger partial charge in [-0.05, 0) is 67.4 Å². The average Bonchev–Trinajstić information content (AvgIpc) is 2.66. The van der Waals surface area contributed by atoms with Gasteiger partial charge < -0.3 is 5.32 Å². The van der Waals surface area contributed by atoms with Crippen LogP contribution in [-0.4, -0.2) is 11.4 Å². The fraction of sp³-hybridized carbons (Fsp3) is 0.480. The van der Waals surface area contributed by atoms with Crippen LogP contribution in [0.3, 0.4) is 0 Å². The van der Waals surface area contributed by atoms with Gasteiger partial charge in [0.1, 0.15) is 0 Å². The Morgan fingerprint density at radius 1 is 0.815 bits per heavy atom. The fourth-order valence-electron chi connectivity index (χ4n) is 6.59. The van der Waals surface area contributed by atoms with Crippen LogP contribution >= 0.6 is 0 Å². The molecule has 2 heteroatoms. The van der Waals surface area contributed by atoms with Crippen LogP contribution < -0.4 is 5.32 Å². The van der Waals surface area contributed by atoms with E-state index in [9.17, 15) is 4.79 Å². The van der Waals surface area contributed by atoms with Crippen molar-refractivity contribution in [3.8, 4) is 0 Å². The first-order valence-electron chi connectivity index (χ1n) is 10.6. The Labute approximate surface area is 162 Å². The van der Waals surface area contributed by atoms with Crippen LogP contribution in [0.1, 0.15) is 62.0 Å². The Morgan fingerprint density at radius 2 is 1.26 bits per heavy atom. The summed E-state index contributed by atoms with van der Waals surface area (Å²) in [6, 6.07) is 21.0. The molecule has 2 aromatic rings. The predicted octanol–water partition coefficient (Wildman–Crippen LogP) is 5.29. The summed E-state index contributed by atoms with van der Waals surface area (Å²) in [6.45, 7) is 0. The molecule has 0 unspecified atom stereocenters. The van der Waals surface area contributed by atoms with Crippen LogP contribution in [-0.2, 0) is 4.79 Å². The van der Waals surface area contributed by atoms with Gasteiger partial charge in [-0.15, -0.1) is 0 Å². The van der Waals surface area contributed by atoms with Gasteiger partial charge in [0.05, 0.1) is 0 Å². The molecule has 0 aliphatic heterocycles. The van der Waals surface area contributed by atoms with Gasteiger partial charge >= 0.3 is 0 Å². The highest BCUT2D eigenvalue weighted by Gasteiger charge is 2.51. The van der Waals surface area contributed by atoms with Crippen LogP contribution in [0, 0.1) is 17.8 Å². The number of rotatable bonds is 5. The summed E-state index contributed by atoms with van der Waals surface area (Å²) in [5, 5.41) is 3.56. The molecule has 6 rings (SSSR count). The van der Waals surface area contributed by atoms with Crippen molar-refractivity contribution in [1.29, 1.82) is 0 Å². The van der Waals surface area contributed by atoms with E-state index in [0.717, 1.165) is 17.8 Å². The number of benzene rings is 2. The summed E-state index contributed by atoms with van der Waals surface area (Å²) in [6.07, 6.45) is 8.41. The molecule has 0 saturated heterocycles. The Kier molecular flexibility index (Phi) is 4.30. The van der Waals surface area contributed by atoms with Crippen LogP contribution in [0.25, 0.3) is 0 Å². The van der Waals surface area contributed by atoms with Gasteiger partial charge in [0, 0.05) is 17.9 Å². The highest BCUT2D eigenvalue weighted by atomic mass is 16.1. The normalized spacial score (nSPS) is 31.2. The largest absolute Gasteiger partial charge is 0.351 e. The second kappa shape index (κ2) is 6.82. The Morgan fingerprint density at radius 3 is 1.70 bits per heavy atom. The molecule has 4 fully saturated rings. The van der Waals surface area contributed by atoms with E-state index in [2.05, 4.69) is 53.8 Å². The summed E-state index contributed by atoms with van der Waals surface area (Å²) in [5.41, 5.74) is 2.55. The van der Waals surface area contributed by atoms with Crippen molar-refractivity contribution < 1.29 is 4.79 Å². The van der Waals surface area contributed by atoms with Crippen LogP contribution in [0.5, 0.6) is 0 Å². The average molecular weight is 360 g/mol. The monoisotopic (exact) mass is 359 g/mol. The molecule has 0 aromatic heterocycles. The van der Waals surface area contributed by atoms with Gasteiger partial charge in [-0.1, -0.05) is 60.7 Å². The quantitative estimate of drug-likeness (QED) is 0.772. The maximum Gasteiger partial charge on any atom is 0.221 e. The zero-order chi connectivity index (χ0) is 18.3. The first kappa shape index (κ1) is 17.0. The third kappa shape index (κ3) is 3.42. The van der Waals surface area contributed by atoms with Crippen molar-refractivity contribution in [2.45, 2.75) is 56.4 Å². The van der Waals surface area contributed by atoms with Gasteiger partial charge in [-0.25, -0.2) is 0 Å². The number of hydrogen-bond donors (Lipinski definition) is 1. The zero-order valence-electron chi connectivity index (χ0n) is 15.9. The van der Waals surface area contributed by atoms with Crippen LogP contribution in [0.15, 0.2) is 60.7 Å². The number of amides is 1. The smallest absolute Gasteiger partial charge is 0.221 e. The van der Waals surface area contributed by atoms with Crippen molar-refractivity contribution >= 4 is 5.91 Å². The molecule has 27 heavy (non-hydrogen) atoms. The molecule has 4 aliphatic rings. The van der Waals surface area contributed by atoms with E-state index < -0.39 is 0 Å². The number of hydrogen-bond acceptors (Lipinski definition) is 1. The molecule has 4 saturated carbocycles. The maximum atomic E-state index is 13.2. The second-order valence-corrected chi connectivity index (χ2v) is 9.32. The highest BCUT2D eigenvalue weighted by molar-refractivity contribution is 5.78. The standard InChI is InChI=1S/C25H29NO/c27-24(26-25-15-18-11-19(16-25)13-20(12-18)17-25)14-23(21-7-3-1-4-8-21)22-9-5-2-6-10-22/h1-10,18-20,23H,11-17H2,(H,26,27). The van der Waals surface area contributed by atoms with Crippen molar-refractivity contribution in [3.05, 3.63) is 71.8 Å². The molecule has 1 amide bonds. The first-order chi connectivity index (χ1) is 13.2. The van der Waals surface area contributed by atoms with Crippen LogP contribution in [0.4, 0.5) is 0 Å². The summed E-state index contributed by atoms with van der Waals surface area (Å²) in [7, 11) is 0. The molecular weight excluding hydrogens is 330 g/mol. The molecule has 4 bridgehead atoms. The lowest BCUT2D eigenvalue weighted by molar-refractivity contribution is -0.127. The minimum atomic E-state index is 0.101. The molecular formula is C25H29NO. The maximum absolute atomic E-state index is 13.2. The lowest BCUT2D eigenvalue weighted by Gasteiger charge is -2.57. The van der Waals surface area contributed by atoms with E-state index in [-0.39, 0.29) is 17.4 Å². The van der Waals surface area contributed by atoms with Gasteiger partial charge in [0.25, 0.3) is 0 Å². The first-order valence-corrected chi connectivity index (χ1v) is 10.6. The van der Waals surface area contributed by atoms with Crippen molar-refractivity contribution in [1.82, 2.24) is 5.32 Å². The topological polar surface area (TPSA) is 29.1 Å². The van der Waals surface area contributed by atoms with Gasteiger partial charge in [0.2, 0.25) is 5.91 Å². The summed E-state index contributed by atoms with van der Waals surface area (Å²) in [5.74, 6) is 2.93. The Bertz CT molecular complexity index is 723. The minimum Gasteiger partial charge on any atom is -0.351 e.